The Morgan fingerprint density at radius 2 is 1.67 bits per heavy atom. The molecule has 1 fully saturated rings. The number of nitrogens with zero attached hydrogens (tertiary/aromatic N) is 6. The van der Waals surface area contributed by atoms with Crippen molar-refractivity contribution in [2.24, 2.45) is 0 Å². The van der Waals surface area contributed by atoms with Gasteiger partial charge in [0.05, 0.1) is 41.6 Å². The summed E-state index contributed by atoms with van der Waals surface area (Å²) >= 11 is 1.24. The Balaban J connectivity index is 1.71. The zero-order chi connectivity index (χ0) is 30.8. The Hall–Kier alpha value is -3.74. The fourth-order valence-corrected chi connectivity index (χ4v) is 5.97. The van der Waals surface area contributed by atoms with Crippen LogP contribution in [-0.2, 0) is 26.2 Å². The van der Waals surface area contributed by atoms with E-state index in [0.29, 0.717) is 45.2 Å². The minimum Gasteiger partial charge on any atom is -0.496 e. The summed E-state index contributed by atoms with van der Waals surface area (Å²) < 4.78 is 18.4. The van der Waals surface area contributed by atoms with Gasteiger partial charge in [0.15, 0.2) is 11.4 Å². The maximum absolute atomic E-state index is 13.4. The van der Waals surface area contributed by atoms with Crippen LogP contribution in [0.25, 0.3) is 11.0 Å². The van der Waals surface area contributed by atoms with Crippen LogP contribution in [0.4, 0.5) is 15.5 Å². The van der Waals surface area contributed by atoms with Crippen LogP contribution in [0, 0.1) is 13.8 Å². The minimum absolute atomic E-state index is 0.0704. The number of ether oxygens (including phenoxy) is 3. The molecule has 0 radical (unpaired) electrons. The fourth-order valence-electron chi connectivity index (χ4n) is 4.95. The van der Waals surface area contributed by atoms with Crippen molar-refractivity contribution in [1.29, 1.82) is 0 Å². The van der Waals surface area contributed by atoms with Gasteiger partial charge in [0.1, 0.15) is 22.0 Å². The number of carbonyl (C=O) groups is 3. The number of carbonyl (C=O) groups excluding carboxylic acids is 3. The highest BCUT2D eigenvalue weighted by Gasteiger charge is 2.55. The molecule has 2 amide bonds. The molecular weight excluding hydrogens is 560 g/mol. The van der Waals surface area contributed by atoms with Gasteiger partial charge < -0.3 is 14.2 Å². The third kappa shape index (κ3) is 5.41. The van der Waals surface area contributed by atoms with Crippen LogP contribution in [0.15, 0.2) is 11.2 Å². The van der Waals surface area contributed by atoms with E-state index in [1.165, 1.54) is 11.8 Å². The van der Waals surface area contributed by atoms with Crippen molar-refractivity contribution >= 4 is 46.7 Å². The Morgan fingerprint density at radius 3 is 2.21 bits per heavy atom. The van der Waals surface area contributed by atoms with Gasteiger partial charge >= 0.3 is 12.2 Å². The second-order valence-electron chi connectivity index (χ2n) is 12.7. The lowest BCUT2D eigenvalue weighted by molar-refractivity contribution is -0.119. The van der Waals surface area contributed by atoms with Gasteiger partial charge in [0.25, 0.3) is 0 Å². The van der Waals surface area contributed by atoms with Crippen molar-refractivity contribution in [2.75, 3.05) is 17.8 Å². The van der Waals surface area contributed by atoms with Crippen LogP contribution in [0.5, 0.6) is 5.75 Å². The first kappa shape index (κ1) is 29.7. The van der Waals surface area contributed by atoms with Gasteiger partial charge in [-0.25, -0.2) is 19.3 Å². The molecule has 224 valence electrons. The first-order valence-electron chi connectivity index (χ1n) is 13.7. The Bertz CT molecular complexity index is 1590. The maximum Gasteiger partial charge on any atom is 0.427 e. The van der Waals surface area contributed by atoms with Crippen molar-refractivity contribution in [1.82, 2.24) is 24.7 Å². The van der Waals surface area contributed by atoms with Gasteiger partial charge in [0, 0.05) is 17.3 Å². The highest BCUT2D eigenvalue weighted by atomic mass is 32.2. The third-order valence-electron chi connectivity index (χ3n) is 7.03. The molecule has 4 heterocycles. The monoisotopic (exact) mass is 596 g/mol. The highest BCUT2D eigenvalue weighted by Crippen LogP contribution is 2.54. The average molecular weight is 597 g/mol. The number of aromatic nitrogens is 5. The summed E-state index contributed by atoms with van der Waals surface area (Å²) in [5, 5.41) is 6.01. The number of Topliss-reactive ketones (excluding diaryl/α,β-unsaturated/α-hetero) is 1. The summed E-state index contributed by atoms with van der Waals surface area (Å²) in [4.78, 5) is 54.8. The van der Waals surface area contributed by atoms with E-state index in [0.717, 1.165) is 16.9 Å². The zero-order valence-electron chi connectivity index (χ0n) is 25.4. The van der Waals surface area contributed by atoms with Gasteiger partial charge in [-0.3, -0.25) is 9.78 Å². The molecule has 2 aliphatic rings. The number of rotatable bonds is 4. The number of methoxy groups -OCH3 is 1. The lowest BCUT2D eigenvalue weighted by Crippen LogP contribution is -2.44. The normalized spacial score (nSPS) is 15.9. The zero-order valence-corrected chi connectivity index (χ0v) is 26.3. The highest BCUT2D eigenvalue weighted by molar-refractivity contribution is 8.00. The largest absolute Gasteiger partial charge is 0.496 e. The SMILES string of the molecule is COc1c(C)cnc(Cn2nc3c4c(nc(N(C(=O)OC(C)(C)C)C(=O)OC(C)(C)C)nc42)SCC(=O)C32CC2)c1C. The molecule has 0 N–H and O–H groups in total. The average Bonchev–Trinajstić information content (AvgIpc) is 3.60. The van der Waals surface area contributed by atoms with E-state index in [1.807, 2.05) is 13.8 Å². The molecule has 1 saturated carbocycles. The summed E-state index contributed by atoms with van der Waals surface area (Å²) in [6, 6.07) is 0. The van der Waals surface area contributed by atoms with Crippen molar-refractivity contribution in [3.05, 3.63) is 28.7 Å². The van der Waals surface area contributed by atoms with E-state index in [2.05, 4.69) is 9.97 Å². The molecule has 0 unspecified atom stereocenters. The fraction of sp³-hybridized carbons (Fsp3) is 0.552. The molecule has 0 bridgehead atoms. The summed E-state index contributed by atoms with van der Waals surface area (Å²) in [5.74, 6) is 0.753. The van der Waals surface area contributed by atoms with Crippen LogP contribution in [0.3, 0.4) is 0 Å². The predicted octanol–water partition coefficient (Wildman–Crippen LogP) is 5.28. The predicted molar refractivity (Wildman–Crippen MR) is 156 cm³/mol. The first-order chi connectivity index (χ1) is 19.5. The molecule has 5 rings (SSSR count). The van der Waals surface area contributed by atoms with Crippen molar-refractivity contribution in [2.45, 2.75) is 96.4 Å². The van der Waals surface area contributed by atoms with Crippen LogP contribution < -0.4 is 9.64 Å². The van der Waals surface area contributed by atoms with E-state index < -0.39 is 28.8 Å². The number of pyridine rings is 1. The van der Waals surface area contributed by atoms with Gasteiger partial charge in [0.2, 0.25) is 5.95 Å². The quantitative estimate of drug-likeness (QED) is 0.364. The molecule has 1 spiro atoms. The molecular formula is C29H36N6O6S. The molecule has 1 aliphatic heterocycles. The Kier molecular flexibility index (Phi) is 7.23. The van der Waals surface area contributed by atoms with Gasteiger partial charge in [-0.2, -0.15) is 10.1 Å². The second kappa shape index (κ2) is 10.2. The number of ketones is 1. The number of thioether (sulfide) groups is 1. The Labute approximate surface area is 248 Å². The number of anilines is 1. The van der Waals surface area contributed by atoms with E-state index in [9.17, 15) is 14.4 Å². The lowest BCUT2D eigenvalue weighted by atomic mass is 9.96. The standard InChI is InChI=1S/C29H36N6O6S/c1-15-12-30-17(16(2)20(15)39-9)13-34-22-19-21(33-34)29(10-11-29)18(36)14-42-23(19)32-24(31-22)35(25(37)40-27(3,4)5)26(38)41-28(6,7)8/h12H,10-11,13-14H2,1-9H3. The van der Waals surface area contributed by atoms with Gasteiger partial charge in [-0.1, -0.05) is 11.8 Å². The van der Waals surface area contributed by atoms with Crippen LogP contribution >= 0.6 is 11.8 Å². The lowest BCUT2D eigenvalue weighted by Gasteiger charge is -2.27. The molecule has 13 heteroatoms. The summed E-state index contributed by atoms with van der Waals surface area (Å²) in [6.07, 6.45) is 1.15. The Morgan fingerprint density at radius 1 is 1.05 bits per heavy atom. The number of amides is 2. The number of aryl methyl sites for hydroxylation is 1. The molecule has 0 atom stereocenters. The molecule has 3 aromatic rings. The van der Waals surface area contributed by atoms with E-state index in [4.69, 9.17) is 24.3 Å². The van der Waals surface area contributed by atoms with Crippen molar-refractivity contribution in [3.63, 3.8) is 0 Å². The topological polar surface area (TPSA) is 139 Å². The molecule has 0 aromatic carbocycles. The van der Waals surface area contributed by atoms with Crippen LogP contribution in [0.2, 0.25) is 0 Å². The molecule has 42 heavy (non-hydrogen) atoms. The minimum atomic E-state index is -0.983. The number of fused-ring (bicyclic) bond motifs is 1. The molecule has 0 saturated heterocycles. The van der Waals surface area contributed by atoms with Crippen LogP contribution in [-0.4, -0.2) is 66.8 Å². The maximum atomic E-state index is 13.4. The smallest absolute Gasteiger partial charge is 0.427 e. The molecule has 1 aliphatic carbocycles. The van der Waals surface area contributed by atoms with E-state index in [-0.39, 0.29) is 24.0 Å². The summed E-state index contributed by atoms with van der Waals surface area (Å²) in [6.45, 7) is 14.2. The van der Waals surface area contributed by atoms with Gasteiger partial charge in [-0.15, -0.1) is 4.90 Å². The number of hydrogen-bond acceptors (Lipinski definition) is 11. The second-order valence-corrected chi connectivity index (χ2v) is 13.6. The molecule has 3 aromatic heterocycles. The van der Waals surface area contributed by atoms with E-state index in [1.54, 1.807) is 59.5 Å². The number of imide groups is 1. The third-order valence-corrected chi connectivity index (χ3v) is 8.00. The number of hydrogen-bond donors (Lipinski definition) is 0. The first-order valence-corrected chi connectivity index (χ1v) is 14.7. The van der Waals surface area contributed by atoms with E-state index >= 15 is 0 Å². The summed E-state index contributed by atoms with van der Waals surface area (Å²) in [5.41, 5.74) is 0.937. The van der Waals surface area contributed by atoms with Crippen molar-refractivity contribution < 1.29 is 28.6 Å². The van der Waals surface area contributed by atoms with Gasteiger partial charge in [-0.05, 0) is 68.2 Å². The summed E-state index contributed by atoms with van der Waals surface area (Å²) in [7, 11) is 1.61. The molecule has 12 nitrogen and oxygen atoms in total. The van der Waals surface area contributed by atoms with Crippen LogP contribution in [0.1, 0.15) is 76.9 Å². The van der Waals surface area contributed by atoms with Crippen molar-refractivity contribution in [3.8, 4) is 5.75 Å².